The highest BCUT2D eigenvalue weighted by molar-refractivity contribution is 6.74. The summed E-state index contributed by atoms with van der Waals surface area (Å²) >= 11 is 0. The summed E-state index contributed by atoms with van der Waals surface area (Å²) in [6, 6.07) is 10.4. The summed E-state index contributed by atoms with van der Waals surface area (Å²) in [5, 5.41) is 0.139. The van der Waals surface area contributed by atoms with E-state index < -0.39 is 8.32 Å². The summed E-state index contributed by atoms with van der Waals surface area (Å²) in [6.07, 6.45) is 5.12. The van der Waals surface area contributed by atoms with Crippen LogP contribution in [-0.4, -0.2) is 39.9 Å². The number of benzene rings is 1. The van der Waals surface area contributed by atoms with Crippen molar-refractivity contribution in [1.82, 2.24) is 0 Å². The molecule has 6 heteroatoms. The fraction of sp³-hybridized carbons (Fsp3) is 0.724. The number of hydrogen-bond donors (Lipinski definition) is 0. The largest absolute Gasteiger partial charge is 0.464 e. The van der Waals surface area contributed by atoms with Crippen LogP contribution < -0.4 is 0 Å². The van der Waals surface area contributed by atoms with Crippen LogP contribution >= 0.6 is 0 Å². The first-order chi connectivity index (χ1) is 16.3. The molecule has 4 aliphatic rings. The lowest BCUT2D eigenvalue weighted by Crippen LogP contribution is -2.65. The van der Waals surface area contributed by atoms with E-state index >= 15 is 0 Å². The summed E-state index contributed by atoms with van der Waals surface area (Å²) in [4.78, 5) is 0. The van der Waals surface area contributed by atoms with Gasteiger partial charge in [0, 0.05) is 5.82 Å². The van der Waals surface area contributed by atoms with Crippen LogP contribution in [0.25, 0.3) is 0 Å². The molecular formula is C29H47BO4Si. The van der Waals surface area contributed by atoms with Crippen molar-refractivity contribution in [2.24, 2.45) is 17.3 Å². The van der Waals surface area contributed by atoms with E-state index in [2.05, 4.69) is 85.5 Å². The van der Waals surface area contributed by atoms with Gasteiger partial charge in [0.2, 0.25) is 0 Å². The Morgan fingerprint density at radius 1 is 1.17 bits per heavy atom. The first kappa shape index (κ1) is 27.1. The van der Waals surface area contributed by atoms with Crippen LogP contribution in [0.4, 0.5) is 0 Å². The van der Waals surface area contributed by atoms with Gasteiger partial charge in [-0.25, -0.2) is 0 Å². The Bertz CT molecular complexity index is 882. The molecule has 3 aliphatic carbocycles. The van der Waals surface area contributed by atoms with Gasteiger partial charge in [-0.15, -0.1) is 6.58 Å². The van der Waals surface area contributed by atoms with Crippen LogP contribution in [0.5, 0.6) is 0 Å². The molecule has 0 radical (unpaired) electrons. The van der Waals surface area contributed by atoms with Gasteiger partial charge >= 0.3 is 7.12 Å². The van der Waals surface area contributed by atoms with Gasteiger partial charge < -0.3 is 18.5 Å². The Balaban J connectivity index is 1.54. The molecule has 1 heterocycles. The van der Waals surface area contributed by atoms with Gasteiger partial charge in [-0.3, -0.25) is 0 Å². The van der Waals surface area contributed by atoms with E-state index in [4.69, 9.17) is 18.5 Å². The molecule has 1 aromatic carbocycles. The number of ether oxygens (including phenoxy) is 1. The molecule has 194 valence electrons. The van der Waals surface area contributed by atoms with Gasteiger partial charge in [-0.1, -0.05) is 71.0 Å². The van der Waals surface area contributed by atoms with E-state index in [9.17, 15) is 0 Å². The molecular weight excluding hydrogens is 451 g/mol. The Labute approximate surface area is 215 Å². The van der Waals surface area contributed by atoms with Crippen molar-refractivity contribution in [3.8, 4) is 0 Å². The fourth-order valence-electron chi connectivity index (χ4n) is 6.29. The zero-order valence-corrected chi connectivity index (χ0v) is 24.3. The lowest BCUT2D eigenvalue weighted by atomic mass is 9.43. The Kier molecular flexibility index (Phi) is 7.56. The van der Waals surface area contributed by atoms with E-state index in [0.29, 0.717) is 24.5 Å². The minimum Gasteiger partial charge on any atom is -0.414 e. The van der Waals surface area contributed by atoms with Crippen molar-refractivity contribution >= 4 is 15.4 Å². The molecule has 1 saturated heterocycles. The van der Waals surface area contributed by atoms with Crippen molar-refractivity contribution < 1.29 is 18.5 Å². The van der Waals surface area contributed by atoms with Crippen LogP contribution in [-0.2, 0) is 25.1 Å². The summed E-state index contributed by atoms with van der Waals surface area (Å²) in [5.41, 5.74) is 1.26. The predicted octanol–water partition coefficient (Wildman–Crippen LogP) is 7.27. The van der Waals surface area contributed by atoms with Crippen LogP contribution in [0.2, 0.25) is 23.9 Å². The number of allylic oxidation sites excluding steroid dienone is 1. The zero-order chi connectivity index (χ0) is 25.6. The molecule has 0 N–H and O–H groups in total. The van der Waals surface area contributed by atoms with Gasteiger partial charge in [-0.05, 0) is 67.1 Å². The normalized spacial score (nSPS) is 31.4. The summed E-state index contributed by atoms with van der Waals surface area (Å²) in [6.45, 7) is 23.7. The maximum Gasteiger partial charge on any atom is 0.464 e. The predicted molar refractivity (Wildman–Crippen MR) is 147 cm³/mol. The van der Waals surface area contributed by atoms with E-state index in [0.717, 1.165) is 18.8 Å². The molecule has 4 nitrogen and oxygen atoms in total. The number of rotatable bonds is 10. The summed E-state index contributed by atoms with van der Waals surface area (Å²) in [5.74, 6) is 1.31. The molecule has 4 fully saturated rings. The average Bonchev–Trinajstić information content (AvgIpc) is 3.14. The Hall–Kier alpha value is -0.918. The topological polar surface area (TPSA) is 36.9 Å². The first-order valence-corrected chi connectivity index (χ1v) is 16.4. The molecule has 1 aromatic rings. The van der Waals surface area contributed by atoms with Gasteiger partial charge in [0.25, 0.3) is 0 Å². The van der Waals surface area contributed by atoms with E-state index in [1.165, 1.54) is 12.0 Å². The van der Waals surface area contributed by atoms with Gasteiger partial charge in [-0.2, -0.15) is 0 Å². The lowest BCUT2D eigenvalue weighted by Gasteiger charge is -2.64. The average molecular weight is 499 g/mol. The first-order valence-electron chi connectivity index (χ1n) is 13.5. The molecule has 1 aliphatic heterocycles. The quantitative estimate of drug-likeness (QED) is 0.251. The standard InChI is InChI=1S/C29H47BO4Si/c1-10-14-23(30-33-26-18-22-17-25(28(22,5)6)29(26,7)34-30)24(20-32-35(8,9)27(2,3)4)31-19-21-15-12-11-13-16-21/h10-13,15-16,22-26H,1,14,17-20H2,2-9H3/t22-,23-,24+,25-,26+,29-/m0/s1. The van der Waals surface area contributed by atoms with Crippen molar-refractivity contribution in [2.75, 3.05) is 6.61 Å². The van der Waals surface area contributed by atoms with E-state index in [-0.39, 0.29) is 35.8 Å². The van der Waals surface area contributed by atoms with Gasteiger partial charge in [0.15, 0.2) is 8.32 Å². The second kappa shape index (κ2) is 9.75. The van der Waals surface area contributed by atoms with Crippen molar-refractivity contribution in [3.63, 3.8) is 0 Å². The molecule has 3 saturated carbocycles. The highest BCUT2D eigenvalue weighted by Gasteiger charge is 2.68. The maximum absolute atomic E-state index is 6.89. The molecule has 0 aromatic heterocycles. The highest BCUT2D eigenvalue weighted by atomic mass is 28.4. The molecule has 0 spiro atoms. The smallest absolute Gasteiger partial charge is 0.414 e. The fourth-order valence-corrected chi connectivity index (χ4v) is 7.31. The van der Waals surface area contributed by atoms with Gasteiger partial charge in [0.05, 0.1) is 31.0 Å². The highest BCUT2D eigenvalue weighted by Crippen LogP contribution is 2.66. The lowest BCUT2D eigenvalue weighted by molar-refractivity contribution is -0.199. The summed E-state index contributed by atoms with van der Waals surface area (Å²) in [7, 11) is -2.24. The Morgan fingerprint density at radius 3 is 2.46 bits per heavy atom. The van der Waals surface area contributed by atoms with E-state index in [1.54, 1.807) is 0 Å². The second-order valence-electron chi connectivity index (χ2n) is 13.4. The van der Waals surface area contributed by atoms with E-state index in [1.807, 2.05) is 12.1 Å². The molecule has 2 bridgehead atoms. The minimum atomic E-state index is -1.94. The van der Waals surface area contributed by atoms with Gasteiger partial charge in [0.1, 0.15) is 0 Å². The SMILES string of the molecule is C=CC[C@H](B1O[C@@H]2C[C@@H]3C[C@@H](C3(C)C)[C@]2(C)O1)[C@@H](CO[Si](C)(C)C(C)(C)C)OCc1ccccc1. The molecule has 35 heavy (non-hydrogen) atoms. The van der Waals surface area contributed by atoms with Crippen molar-refractivity contribution in [1.29, 1.82) is 0 Å². The van der Waals surface area contributed by atoms with Crippen LogP contribution in [0.15, 0.2) is 43.0 Å². The summed E-state index contributed by atoms with van der Waals surface area (Å²) < 4.78 is 26.9. The third-order valence-corrected chi connectivity index (χ3v) is 14.5. The van der Waals surface area contributed by atoms with Crippen molar-refractivity contribution in [3.05, 3.63) is 48.6 Å². The maximum atomic E-state index is 6.89. The Morgan fingerprint density at radius 2 is 1.86 bits per heavy atom. The monoisotopic (exact) mass is 498 g/mol. The second-order valence-corrected chi connectivity index (χ2v) is 18.2. The third kappa shape index (κ3) is 5.11. The van der Waals surface area contributed by atoms with Crippen LogP contribution in [0, 0.1) is 17.3 Å². The van der Waals surface area contributed by atoms with Crippen LogP contribution in [0.1, 0.15) is 66.4 Å². The number of hydrogen-bond acceptors (Lipinski definition) is 4. The molecule has 0 unspecified atom stereocenters. The molecule has 5 rings (SSSR count). The minimum absolute atomic E-state index is 0.0312. The molecule has 0 amide bonds. The zero-order valence-electron chi connectivity index (χ0n) is 23.3. The molecule has 6 atom stereocenters. The van der Waals surface area contributed by atoms with Crippen LogP contribution in [0.3, 0.4) is 0 Å². The van der Waals surface area contributed by atoms with Crippen molar-refractivity contribution in [2.45, 2.75) is 109 Å². The third-order valence-electron chi connectivity index (χ3n) is 9.96.